The van der Waals surface area contributed by atoms with Crippen LogP contribution < -0.4 is 21.0 Å². The van der Waals surface area contributed by atoms with Gasteiger partial charge >= 0.3 is 0 Å². The topological polar surface area (TPSA) is 42.7 Å². The summed E-state index contributed by atoms with van der Waals surface area (Å²) >= 11 is 0. The molecule has 0 bridgehead atoms. The van der Waals surface area contributed by atoms with Crippen molar-refractivity contribution in [3.63, 3.8) is 0 Å². The first kappa shape index (κ1) is 15.3. The minimum Gasteiger partial charge on any atom is -0.440 e. The highest BCUT2D eigenvalue weighted by Gasteiger charge is 2.15. The lowest BCUT2D eigenvalue weighted by Gasteiger charge is -2.27. The van der Waals surface area contributed by atoms with Crippen LogP contribution in [0.4, 0.5) is 5.88 Å². The lowest BCUT2D eigenvalue weighted by molar-refractivity contribution is 0.120. The van der Waals surface area contributed by atoms with Crippen molar-refractivity contribution in [2.24, 2.45) is 0 Å². The van der Waals surface area contributed by atoms with Crippen molar-refractivity contribution in [1.82, 2.24) is 0 Å². The summed E-state index contributed by atoms with van der Waals surface area (Å²) in [4.78, 5) is 14.3. The number of hydrogen-bond donors (Lipinski definition) is 0. The number of morpholine rings is 1. The highest BCUT2D eigenvalue weighted by Crippen LogP contribution is 2.14. The van der Waals surface area contributed by atoms with Gasteiger partial charge in [-0.3, -0.25) is 4.79 Å². The minimum absolute atomic E-state index is 0.136. The van der Waals surface area contributed by atoms with E-state index in [0.717, 1.165) is 11.1 Å². The monoisotopic (exact) mass is 309 g/mol. The molecule has 23 heavy (non-hydrogen) atoms. The van der Waals surface area contributed by atoms with E-state index in [1.54, 1.807) is 6.08 Å². The van der Waals surface area contributed by atoms with Gasteiger partial charge in [-0.25, -0.2) is 0 Å². The Bertz CT molecular complexity index is 862. The Balaban J connectivity index is 2.23. The Morgan fingerprint density at radius 1 is 1.17 bits per heavy atom. The smallest absolute Gasteiger partial charge is 0.200 e. The Hall–Kier alpha value is -2.59. The number of allylic oxidation sites excluding steroid dienone is 1. The van der Waals surface area contributed by atoms with Gasteiger partial charge in [-0.05, 0) is 5.56 Å². The third-order valence-corrected chi connectivity index (χ3v) is 3.89. The van der Waals surface area contributed by atoms with Crippen LogP contribution in [0.25, 0.3) is 12.2 Å². The average Bonchev–Trinajstić information content (AvgIpc) is 2.61. The second-order valence-electron chi connectivity index (χ2n) is 5.34. The van der Waals surface area contributed by atoms with E-state index in [0.29, 0.717) is 42.8 Å². The van der Waals surface area contributed by atoms with Crippen LogP contribution in [0, 0.1) is 0 Å². The molecule has 1 saturated heterocycles. The maximum atomic E-state index is 12.3. The largest absolute Gasteiger partial charge is 0.440 e. The number of nitrogens with zero attached hydrogens (tertiary/aromatic N) is 1. The Morgan fingerprint density at radius 2 is 1.87 bits per heavy atom. The van der Waals surface area contributed by atoms with E-state index in [2.05, 4.69) is 13.2 Å². The zero-order chi connectivity index (χ0) is 16.2. The number of rotatable bonds is 3. The molecule has 1 aliphatic heterocycles. The lowest BCUT2D eigenvalue weighted by Crippen LogP contribution is -2.42. The maximum Gasteiger partial charge on any atom is 0.200 e. The molecule has 2 aromatic rings. The molecule has 4 heteroatoms. The summed E-state index contributed by atoms with van der Waals surface area (Å²) < 4.78 is 11.4. The Kier molecular flexibility index (Phi) is 4.44. The minimum atomic E-state index is -0.136. The molecule has 1 aromatic carbocycles. The van der Waals surface area contributed by atoms with Gasteiger partial charge in [0.25, 0.3) is 0 Å². The fourth-order valence-electron chi connectivity index (χ4n) is 2.62. The van der Waals surface area contributed by atoms with E-state index in [1.165, 1.54) is 6.07 Å². The van der Waals surface area contributed by atoms with Crippen LogP contribution in [-0.4, -0.2) is 26.3 Å². The van der Waals surface area contributed by atoms with Crippen LogP contribution in [0.1, 0.15) is 5.56 Å². The fraction of sp³-hybridized carbons (Fsp3) is 0.211. The summed E-state index contributed by atoms with van der Waals surface area (Å²) in [5.74, 6) is 0.552. The van der Waals surface area contributed by atoms with Crippen molar-refractivity contribution in [1.29, 1.82) is 0 Å². The lowest BCUT2D eigenvalue weighted by atomic mass is 10.1. The van der Waals surface area contributed by atoms with Crippen LogP contribution in [0.5, 0.6) is 0 Å². The predicted molar refractivity (Wildman–Crippen MR) is 91.9 cm³/mol. The zero-order valence-corrected chi connectivity index (χ0v) is 13.0. The molecule has 0 saturated carbocycles. The SMILES string of the molecule is C=C/C(c1ccccc1)=c1/oc(N2CCOCC2)cc(=O)c1=C. The van der Waals surface area contributed by atoms with Gasteiger partial charge in [-0.15, -0.1) is 0 Å². The van der Waals surface area contributed by atoms with Crippen LogP contribution in [0.2, 0.25) is 0 Å². The fourth-order valence-corrected chi connectivity index (χ4v) is 2.62. The van der Waals surface area contributed by atoms with Gasteiger partial charge in [0.15, 0.2) is 11.3 Å². The molecule has 0 radical (unpaired) electrons. The molecule has 0 unspecified atom stereocenters. The summed E-state index contributed by atoms with van der Waals surface area (Å²) in [7, 11) is 0. The van der Waals surface area contributed by atoms with Gasteiger partial charge in [0.1, 0.15) is 5.42 Å². The summed E-state index contributed by atoms with van der Waals surface area (Å²) in [6.07, 6.45) is 1.70. The van der Waals surface area contributed by atoms with Crippen LogP contribution >= 0.6 is 0 Å². The first-order valence-electron chi connectivity index (χ1n) is 7.58. The van der Waals surface area contributed by atoms with Crippen molar-refractivity contribution in [3.05, 3.63) is 75.5 Å². The summed E-state index contributed by atoms with van der Waals surface area (Å²) in [6, 6.07) is 11.2. The Labute approximate surface area is 134 Å². The summed E-state index contributed by atoms with van der Waals surface area (Å²) in [5, 5.41) is 0.348. The molecular formula is C19H19NO3. The quantitative estimate of drug-likeness (QED) is 0.856. The van der Waals surface area contributed by atoms with E-state index >= 15 is 0 Å². The number of benzene rings is 1. The number of anilines is 1. The third-order valence-electron chi connectivity index (χ3n) is 3.89. The van der Waals surface area contributed by atoms with Crippen LogP contribution in [-0.2, 0) is 4.74 Å². The van der Waals surface area contributed by atoms with Gasteiger partial charge < -0.3 is 14.1 Å². The van der Waals surface area contributed by atoms with E-state index in [4.69, 9.17) is 9.15 Å². The molecule has 118 valence electrons. The van der Waals surface area contributed by atoms with Gasteiger partial charge in [0.05, 0.1) is 18.4 Å². The van der Waals surface area contributed by atoms with E-state index in [9.17, 15) is 4.79 Å². The maximum absolute atomic E-state index is 12.3. The molecule has 4 nitrogen and oxygen atoms in total. The highest BCUT2D eigenvalue weighted by atomic mass is 16.5. The zero-order valence-electron chi connectivity index (χ0n) is 13.0. The van der Waals surface area contributed by atoms with Gasteiger partial charge in [0, 0.05) is 24.7 Å². The molecule has 0 spiro atoms. The second-order valence-corrected chi connectivity index (χ2v) is 5.34. The summed E-state index contributed by atoms with van der Waals surface area (Å²) in [5.41, 5.74) is 2.04. The summed E-state index contributed by atoms with van der Waals surface area (Å²) in [6.45, 7) is 10.4. The highest BCUT2D eigenvalue weighted by molar-refractivity contribution is 5.72. The number of hydrogen-bond acceptors (Lipinski definition) is 4. The molecule has 3 rings (SSSR count). The molecule has 2 heterocycles. The molecule has 0 N–H and O–H groups in total. The first-order valence-corrected chi connectivity index (χ1v) is 7.58. The molecule has 0 atom stereocenters. The molecule has 0 aliphatic carbocycles. The first-order chi connectivity index (χ1) is 11.2. The van der Waals surface area contributed by atoms with Gasteiger partial charge in [0.2, 0.25) is 0 Å². The van der Waals surface area contributed by atoms with Crippen molar-refractivity contribution >= 4 is 18.0 Å². The second kappa shape index (κ2) is 6.67. The number of ether oxygens (including phenoxy) is 1. The van der Waals surface area contributed by atoms with Gasteiger partial charge in [-0.1, -0.05) is 49.6 Å². The van der Waals surface area contributed by atoms with Crippen molar-refractivity contribution in [2.75, 3.05) is 31.2 Å². The average molecular weight is 309 g/mol. The Morgan fingerprint density at radius 3 is 2.52 bits per heavy atom. The molecule has 0 amide bonds. The van der Waals surface area contributed by atoms with Crippen molar-refractivity contribution < 1.29 is 9.15 Å². The van der Waals surface area contributed by atoms with E-state index in [-0.39, 0.29) is 5.43 Å². The van der Waals surface area contributed by atoms with E-state index < -0.39 is 0 Å². The third kappa shape index (κ3) is 3.12. The van der Waals surface area contributed by atoms with Crippen LogP contribution in [0.3, 0.4) is 0 Å². The normalized spacial score (nSPS) is 16.1. The molecular weight excluding hydrogens is 290 g/mol. The molecule has 1 aromatic heterocycles. The van der Waals surface area contributed by atoms with E-state index in [1.807, 2.05) is 35.2 Å². The van der Waals surface area contributed by atoms with Crippen molar-refractivity contribution in [3.8, 4) is 0 Å². The van der Waals surface area contributed by atoms with Crippen LogP contribution in [0.15, 0.2) is 58.3 Å². The molecule has 1 fully saturated rings. The standard InChI is InChI=1S/C19H19NO3/c1-3-16(15-7-5-4-6-8-15)19-14(2)17(21)13-18(23-19)20-9-11-22-12-10-20/h3-8,13H,1-2,9-12H2/b19-16-. The predicted octanol–water partition coefficient (Wildman–Crippen LogP) is 1.27. The van der Waals surface area contributed by atoms with Crippen molar-refractivity contribution in [2.45, 2.75) is 0 Å². The van der Waals surface area contributed by atoms with Gasteiger partial charge in [-0.2, -0.15) is 0 Å². The molecule has 1 aliphatic rings.